The van der Waals surface area contributed by atoms with E-state index >= 15 is 0 Å². The van der Waals surface area contributed by atoms with Crippen molar-refractivity contribution in [1.82, 2.24) is 4.90 Å². The quantitative estimate of drug-likeness (QED) is 0.636. The Labute approximate surface area is 141 Å². The van der Waals surface area contributed by atoms with Gasteiger partial charge in [-0.25, -0.2) is 0 Å². The number of rotatable bonds is 10. The molecule has 0 aromatic heterocycles. The van der Waals surface area contributed by atoms with Crippen molar-refractivity contribution in [3.63, 3.8) is 0 Å². The van der Waals surface area contributed by atoms with Crippen LogP contribution in [0, 0.1) is 0 Å². The van der Waals surface area contributed by atoms with Crippen LogP contribution in [0.5, 0.6) is 5.75 Å². The second-order valence-corrected chi connectivity index (χ2v) is 6.03. The van der Waals surface area contributed by atoms with E-state index in [0.29, 0.717) is 0 Å². The maximum Gasteiger partial charge on any atom is 0.119 e. The van der Waals surface area contributed by atoms with Gasteiger partial charge in [0, 0.05) is 6.54 Å². The summed E-state index contributed by atoms with van der Waals surface area (Å²) in [6.45, 7) is 5.73. The van der Waals surface area contributed by atoms with Crippen LogP contribution in [0.3, 0.4) is 0 Å². The molecule has 0 saturated carbocycles. The third-order valence-electron chi connectivity index (χ3n) is 4.17. The van der Waals surface area contributed by atoms with E-state index in [1.165, 1.54) is 43.5 Å². The molecule has 0 unspecified atom stereocenters. The van der Waals surface area contributed by atoms with Crippen molar-refractivity contribution in [2.24, 2.45) is 0 Å². The van der Waals surface area contributed by atoms with Crippen LogP contribution in [0.4, 0.5) is 0 Å². The molecule has 2 rings (SSSR count). The highest BCUT2D eigenvalue weighted by molar-refractivity contribution is 5.28. The Balaban J connectivity index is 1.78. The number of nitrogens with zero attached hydrogens (tertiary/aromatic N) is 1. The van der Waals surface area contributed by atoms with Gasteiger partial charge in [0.2, 0.25) is 0 Å². The first kappa shape index (κ1) is 17.6. The van der Waals surface area contributed by atoms with Crippen molar-refractivity contribution in [2.75, 3.05) is 26.7 Å². The zero-order valence-corrected chi connectivity index (χ0v) is 14.5. The Bertz CT molecular complexity index is 553. The molecule has 0 N–H and O–H groups in total. The normalized spacial score (nSPS) is 10.9. The molecule has 0 atom stereocenters. The van der Waals surface area contributed by atoms with Gasteiger partial charge >= 0.3 is 0 Å². The van der Waals surface area contributed by atoms with Gasteiger partial charge in [0.25, 0.3) is 0 Å². The largest absolute Gasteiger partial charge is 0.497 e. The fourth-order valence-corrected chi connectivity index (χ4v) is 2.92. The first-order valence-corrected chi connectivity index (χ1v) is 8.71. The van der Waals surface area contributed by atoms with Gasteiger partial charge in [-0.05, 0) is 62.0 Å². The molecule has 0 spiro atoms. The fraction of sp³-hybridized carbons (Fsp3) is 0.429. The van der Waals surface area contributed by atoms with Gasteiger partial charge in [0.15, 0.2) is 0 Å². The zero-order valence-electron chi connectivity index (χ0n) is 14.5. The van der Waals surface area contributed by atoms with Crippen molar-refractivity contribution in [3.05, 3.63) is 65.7 Å². The summed E-state index contributed by atoms with van der Waals surface area (Å²) in [5, 5.41) is 0. The molecule has 0 radical (unpaired) electrons. The lowest BCUT2D eigenvalue weighted by molar-refractivity contribution is 0.274. The molecule has 23 heavy (non-hydrogen) atoms. The highest BCUT2D eigenvalue weighted by atomic mass is 16.5. The fourth-order valence-electron chi connectivity index (χ4n) is 2.92. The summed E-state index contributed by atoms with van der Waals surface area (Å²) >= 11 is 0. The van der Waals surface area contributed by atoms with Crippen LogP contribution in [-0.4, -0.2) is 31.6 Å². The van der Waals surface area contributed by atoms with Gasteiger partial charge in [0.05, 0.1) is 7.11 Å². The van der Waals surface area contributed by atoms with E-state index in [4.69, 9.17) is 4.74 Å². The number of benzene rings is 2. The molecule has 0 amide bonds. The highest BCUT2D eigenvalue weighted by Gasteiger charge is 2.05. The molecule has 0 heterocycles. The van der Waals surface area contributed by atoms with E-state index in [9.17, 15) is 0 Å². The van der Waals surface area contributed by atoms with Crippen LogP contribution < -0.4 is 4.74 Å². The van der Waals surface area contributed by atoms with Gasteiger partial charge in [-0.2, -0.15) is 0 Å². The van der Waals surface area contributed by atoms with E-state index < -0.39 is 0 Å². The molecule has 0 aliphatic carbocycles. The molecule has 0 aliphatic rings. The number of ether oxygens (including phenoxy) is 1. The average Bonchev–Trinajstić information content (AvgIpc) is 2.61. The average molecular weight is 311 g/mol. The Kier molecular flexibility index (Phi) is 7.68. The van der Waals surface area contributed by atoms with Crippen molar-refractivity contribution in [1.29, 1.82) is 0 Å². The van der Waals surface area contributed by atoms with E-state index in [0.717, 1.165) is 18.7 Å². The number of hydrogen-bond acceptors (Lipinski definition) is 2. The molecule has 2 aromatic carbocycles. The molecular weight excluding hydrogens is 282 g/mol. The first-order valence-electron chi connectivity index (χ1n) is 8.71. The molecule has 0 aliphatic heterocycles. The minimum atomic E-state index is 0.952. The number of hydrogen-bond donors (Lipinski definition) is 0. The summed E-state index contributed by atoms with van der Waals surface area (Å²) in [6.07, 6.45) is 4.69. The lowest BCUT2D eigenvalue weighted by Gasteiger charge is -2.21. The second-order valence-electron chi connectivity index (χ2n) is 6.03. The minimum absolute atomic E-state index is 0.952. The standard InChI is InChI=1S/C21H29NO/c1-3-15-22(16-8-12-19-9-5-4-6-10-19)17-14-20-11-7-13-21(18-20)23-2/h4-7,9-11,13,18H,3,8,12,14-17H2,1-2H3. The van der Waals surface area contributed by atoms with Crippen molar-refractivity contribution < 1.29 is 4.74 Å². The predicted molar refractivity (Wildman–Crippen MR) is 98.2 cm³/mol. The SMILES string of the molecule is CCCN(CCCc1ccccc1)CCc1cccc(OC)c1. The van der Waals surface area contributed by atoms with Gasteiger partial charge in [-0.3, -0.25) is 0 Å². The summed E-state index contributed by atoms with van der Waals surface area (Å²) in [5.41, 5.74) is 2.80. The van der Waals surface area contributed by atoms with E-state index in [1.807, 2.05) is 6.07 Å². The molecule has 0 saturated heterocycles. The monoisotopic (exact) mass is 311 g/mol. The summed E-state index contributed by atoms with van der Waals surface area (Å²) < 4.78 is 5.31. The van der Waals surface area contributed by atoms with Crippen LogP contribution in [0.2, 0.25) is 0 Å². The van der Waals surface area contributed by atoms with E-state index in [-0.39, 0.29) is 0 Å². The molecular formula is C21H29NO. The molecule has 0 bridgehead atoms. The number of aryl methyl sites for hydroxylation is 1. The second kappa shape index (κ2) is 10.1. The third kappa shape index (κ3) is 6.45. The van der Waals surface area contributed by atoms with Crippen LogP contribution in [0.1, 0.15) is 30.9 Å². The van der Waals surface area contributed by atoms with Crippen LogP contribution in [-0.2, 0) is 12.8 Å². The summed E-state index contributed by atoms with van der Waals surface area (Å²) in [4.78, 5) is 2.59. The van der Waals surface area contributed by atoms with Gasteiger partial charge < -0.3 is 9.64 Å². The summed E-state index contributed by atoms with van der Waals surface area (Å²) in [5.74, 6) is 0.952. The summed E-state index contributed by atoms with van der Waals surface area (Å²) in [6, 6.07) is 19.2. The van der Waals surface area contributed by atoms with E-state index in [1.54, 1.807) is 7.11 Å². The minimum Gasteiger partial charge on any atom is -0.497 e. The Morgan fingerprint density at radius 2 is 1.61 bits per heavy atom. The molecule has 124 valence electrons. The molecule has 0 fully saturated rings. The van der Waals surface area contributed by atoms with Gasteiger partial charge in [-0.15, -0.1) is 0 Å². The highest BCUT2D eigenvalue weighted by Crippen LogP contribution is 2.13. The smallest absolute Gasteiger partial charge is 0.119 e. The Morgan fingerprint density at radius 1 is 0.826 bits per heavy atom. The van der Waals surface area contributed by atoms with Crippen molar-refractivity contribution >= 4 is 0 Å². The molecule has 2 nitrogen and oxygen atoms in total. The molecule has 2 aromatic rings. The van der Waals surface area contributed by atoms with Crippen LogP contribution in [0.25, 0.3) is 0 Å². The van der Waals surface area contributed by atoms with Gasteiger partial charge in [-0.1, -0.05) is 49.4 Å². The topological polar surface area (TPSA) is 12.5 Å². The van der Waals surface area contributed by atoms with Crippen molar-refractivity contribution in [3.8, 4) is 5.75 Å². The van der Waals surface area contributed by atoms with Crippen LogP contribution in [0.15, 0.2) is 54.6 Å². The lowest BCUT2D eigenvalue weighted by Crippen LogP contribution is -2.28. The van der Waals surface area contributed by atoms with Gasteiger partial charge in [0.1, 0.15) is 5.75 Å². The zero-order chi connectivity index (χ0) is 16.3. The maximum absolute atomic E-state index is 5.31. The molecule has 2 heteroatoms. The maximum atomic E-state index is 5.31. The lowest BCUT2D eigenvalue weighted by atomic mass is 10.1. The third-order valence-corrected chi connectivity index (χ3v) is 4.17. The first-order chi connectivity index (χ1) is 11.3. The number of methoxy groups -OCH3 is 1. The summed E-state index contributed by atoms with van der Waals surface area (Å²) in [7, 11) is 1.73. The Morgan fingerprint density at radius 3 is 2.35 bits per heavy atom. The van der Waals surface area contributed by atoms with Crippen molar-refractivity contribution in [2.45, 2.75) is 32.6 Å². The predicted octanol–water partition coefficient (Wildman–Crippen LogP) is 4.58. The van der Waals surface area contributed by atoms with E-state index in [2.05, 4.69) is 60.4 Å². The Hall–Kier alpha value is -1.80. The van der Waals surface area contributed by atoms with Crippen LogP contribution >= 0.6 is 0 Å².